The van der Waals surface area contributed by atoms with Crippen molar-refractivity contribution in [3.05, 3.63) is 35.4 Å². The molecule has 116 valence electrons. The summed E-state index contributed by atoms with van der Waals surface area (Å²) < 4.78 is 0. The van der Waals surface area contributed by atoms with Crippen LogP contribution in [0.2, 0.25) is 0 Å². The van der Waals surface area contributed by atoms with E-state index in [9.17, 15) is 9.59 Å². The number of hydrogen-bond acceptors (Lipinski definition) is 3. The van der Waals surface area contributed by atoms with Crippen molar-refractivity contribution in [2.24, 2.45) is 11.1 Å². The van der Waals surface area contributed by atoms with E-state index in [1.165, 1.54) is 11.1 Å². The van der Waals surface area contributed by atoms with Gasteiger partial charge >= 0.3 is 0 Å². The van der Waals surface area contributed by atoms with Gasteiger partial charge in [-0.1, -0.05) is 24.3 Å². The second-order valence-electron chi connectivity index (χ2n) is 5.87. The topological polar surface area (TPSA) is 84.2 Å². The van der Waals surface area contributed by atoms with Crippen LogP contribution in [0.25, 0.3) is 0 Å². The lowest BCUT2D eigenvalue weighted by Gasteiger charge is -2.27. The highest BCUT2D eigenvalue weighted by molar-refractivity contribution is 5.85. The molecule has 2 amide bonds. The molecule has 0 saturated heterocycles. The maximum absolute atomic E-state index is 12.2. The zero-order chi connectivity index (χ0) is 14.8. The molecule has 0 bridgehead atoms. The third kappa shape index (κ3) is 4.19. The first-order valence-corrected chi connectivity index (χ1v) is 6.78. The molecule has 1 atom stereocenters. The molecule has 21 heavy (non-hydrogen) atoms. The van der Waals surface area contributed by atoms with E-state index in [0.29, 0.717) is 13.0 Å². The average Bonchev–Trinajstić information content (AvgIpc) is 2.44. The number of nitrogens with one attached hydrogen (secondary N) is 2. The Kier molecular flexibility index (Phi) is 5.75. The van der Waals surface area contributed by atoms with E-state index >= 15 is 0 Å². The predicted molar refractivity (Wildman–Crippen MR) is 84.0 cm³/mol. The van der Waals surface area contributed by atoms with E-state index in [1.54, 1.807) is 13.8 Å². The molecule has 1 heterocycles. The third-order valence-electron chi connectivity index (χ3n) is 3.77. The summed E-state index contributed by atoms with van der Waals surface area (Å²) in [5, 5.41) is 6.01. The van der Waals surface area contributed by atoms with Crippen LogP contribution in [0, 0.1) is 5.41 Å². The van der Waals surface area contributed by atoms with Crippen LogP contribution in [-0.4, -0.2) is 24.4 Å². The molecule has 0 aromatic heterocycles. The number of nitrogens with two attached hydrogens (primary N) is 1. The molecule has 4 N–H and O–H groups in total. The molecule has 0 fully saturated rings. The Morgan fingerprint density at radius 2 is 1.95 bits per heavy atom. The average molecular weight is 312 g/mol. The molecule has 0 spiro atoms. The van der Waals surface area contributed by atoms with Crippen molar-refractivity contribution in [3.8, 4) is 0 Å². The summed E-state index contributed by atoms with van der Waals surface area (Å²) >= 11 is 0. The van der Waals surface area contributed by atoms with Crippen LogP contribution in [0.4, 0.5) is 0 Å². The molecule has 0 saturated carbocycles. The predicted octanol–water partition coefficient (Wildman–Crippen LogP) is 0.750. The molecule has 0 radical (unpaired) electrons. The fourth-order valence-corrected chi connectivity index (χ4v) is 2.16. The largest absolute Gasteiger partial charge is 0.369 e. The summed E-state index contributed by atoms with van der Waals surface area (Å²) in [6.45, 7) is 4.38. The SMILES string of the molecule is CC(C)(CNC(=O)C1Cc2ccccc2CN1)C(N)=O.Cl. The van der Waals surface area contributed by atoms with Crippen molar-refractivity contribution in [2.45, 2.75) is 32.9 Å². The molecule has 1 aliphatic rings. The Balaban J connectivity index is 0.00000220. The standard InChI is InChI=1S/C15H21N3O2.ClH/c1-15(2,14(16)20)9-18-13(19)12-7-10-5-3-4-6-11(10)8-17-12;/h3-6,12,17H,7-9H2,1-2H3,(H2,16,20)(H,18,19);1H. The van der Waals surface area contributed by atoms with Crippen molar-refractivity contribution < 1.29 is 9.59 Å². The fourth-order valence-electron chi connectivity index (χ4n) is 2.16. The number of halogens is 1. The molecule has 2 rings (SSSR count). The molecule has 1 aromatic rings. The molecule has 5 nitrogen and oxygen atoms in total. The van der Waals surface area contributed by atoms with Gasteiger partial charge in [0.1, 0.15) is 0 Å². The van der Waals surface area contributed by atoms with Gasteiger partial charge in [-0.05, 0) is 31.4 Å². The number of benzene rings is 1. The molecule has 0 aliphatic carbocycles. The van der Waals surface area contributed by atoms with Crippen molar-refractivity contribution in [1.82, 2.24) is 10.6 Å². The minimum Gasteiger partial charge on any atom is -0.369 e. The van der Waals surface area contributed by atoms with E-state index < -0.39 is 11.3 Å². The first-order valence-electron chi connectivity index (χ1n) is 6.78. The van der Waals surface area contributed by atoms with Crippen molar-refractivity contribution in [1.29, 1.82) is 0 Å². The van der Waals surface area contributed by atoms with Gasteiger partial charge in [-0.3, -0.25) is 9.59 Å². The van der Waals surface area contributed by atoms with Crippen molar-refractivity contribution >= 4 is 24.2 Å². The van der Waals surface area contributed by atoms with Gasteiger partial charge in [0.25, 0.3) is 0 Å². The quantitative estimate of drug-likeness (QED) is 0.767. The summed E-state index contributed by atoms with van der Waals surface area (Å²) in [7, 11) is 0. The van der Waals surface area contributed by atoms with Gasteiger partial charge < -0.3 is 16.4 Å². The smallest absolute Gasteiger partial charge is 0.237 e. The highest BCUT2D eigenvalue weighted by Crippen LogP contribution is 2.17. The van der Waals surface area contributed by atoms with Gasteiger partial charge in [0.2, 0.25) is 11.8 Å². The number of carbonyl (C=O) groups is 2. The molecule has 1 aromatic carbocycles. The van der Waals surface area contributed by atoms with E-state index in [1.807, 2.05) is 18.2 Å². The first kappa shape index (κ1) is 17.5. The lowest BCUT2D eigenvalue weighted by Crippen LogP contribution is -2.51. The van der Waals surface area contributed by atoms with Crippen molar-refractivity contribution in [2.75, 3.05) is 6.54 Å². The Morgan fingerprint density at radius 1 is 1.33 bits per heavy atom. The lowest BCUT2D eigenvalue weighted by atomic mass is 9.92. The number of carbonyl (C=O) groups excluding carboxylic acids is 2. The first-order chi connectivity index (χ1) is 9.40. The number of hydrogen-bond donors (Lipinski definition) is 3. The second kappa shape index (κ2) is 6.91. The molecule has 1 unspecified atom stereocenters. The molecular weight excluding hydrogens is 290 g/mol. The summed E-state index contributed by atoms with van der Waals surface area (Å²) in [5.74, 6) is -0.506. The summed E-state index contributed by atoms with van der Waals surface area (Å²) in [6.07, 6.45) is 0.666. The van der Waals surface area contributed by atoms with Gasteiger partial charge in [0.05, 0.1) is 11.5 Å². The number of primary amides is 1. The second-order valence-corrected chi connectivity index (χ2v) is 5.87. The van der Waals surface area contributed by atoms with Gasteiger partial charge in [-0.2, -0.15) is 0 Å². The number of fused-ring (bicyclic) bond motifs is 1. The summed E-state index contributed by atoms with van der Waals surface area (Å²) in [5.41, 5.74) is 6.98. The van der Waals surface area contributed by atoms with Crippen LogP contribution in [0.3, 0.4) is 0 Å². The van der Waals surface area contributed by atoms with E-state index in [0.717, 1.165) is 0 Å². The van der Waals surface area contributed by atoms with Gasteiger partial charge in [0.15, 0.2) is 0 Å². The highest BCUT2D eigenvalue weighted by Gasteiger charge is 2.28. The number of rotatable bonds is 4. The Hall–Kier alpha value is -1.59. The van der Waals surface area contributed by atoms with Crippen LogP contribution >= 0.6 is 12.4 Å². The number of amides is 2. The Bertz CT molecular complexity index is 531. The Labute approximate surface area is 131 Å². The maximum Gasteiger partial charge on any atom is 0.237 e. The van der Waals surface area contributed by atoms with Crippen LogP contribution in [0.15, 0.2) is 24.3 Å². The lowest BCUT2D eigenvalue weighted by molar-refractivity contribution is -0.127. The normalized spacial score (nSPS) is 17.3. The third-order valence-corrected chi connectivity index (χ3v) is 3.77. The summed E-state index contributed by atoms with van der Waals surface area (Å²) in [4.78, 5) is 23.4. The zero-order valence-electron chi connectivity index (χ0n) is 12.3. The van der Waals surface area contributed by atoms with Crippen LogP contribution in [0.1, 0.15) is 25.0 Å². The Morgan fingerprint density at radius 3 is 2.57 bits per heavy atom. The fraction of sp³-hybridized carbons (Fsp3) is 0.467. The van der Waals surface area contributed by atoms with Gasteiger partial charge in [-0.25, -0.2) is 0 Å². The van der Waals surface area contributed by atoms with Gasteiger partial charge in [0, 0.05) is 13.1 Å². The van der Waals surface area contributed by atoms with Crippen LogP contribution in [0.5, 0.6) is 0 Å². The van der Waals surface area contributed by atoms with Gasteiger partial charge in [-0.15, -0.1) is 12.4 Å². The van der Waals surface area contributed by atoms with Crippen LogP contribution in [-0.2, 0) is 22.6 Å². The zero-order valence-corrected chi connectivity index (χ0v) is 13.1. The highest BCUT2D eigenvalue weighted by atomic mass is 35.5. The van der Waals surface area contributed by atoms with E-state index in [2.05, 4.69) is 16.7 Å². The molecule has 1 aliphatic heterocycles. The van der Waals surface area contributed by atoms with E-state index in [-0.39, 0.29) is 30.9 Å². The van der Waals surface area contributed by atoms with Crippen LogP contribution < -0.4 is 16.4 Å². The molecular formula is C15H22ClN3O2. The molecule has 6 heteroatoms. The monoisotopic (exact) mass is 311 g/mol. The minimum atomic E-state index is -0.734. The summed E-state index contributed by atoms with van der Waals surface area (Å²) in [6, 6.07) is 7.83. The maximum atomic E-state index is 12.2. The van der Waals surface area contributed by atoms with Crippen molar-refractivity contribution in [3.63, 3.8) is 0 Å². The van der Waals surface area contributed by atoms with E-state index in [4.69, 9.17) is 5.73 Å². The minimum absolute atomic E-state index is 0.